The number of hydrogen-bond donors (Lipinski definition) is 0. The number of para-hydroxylation sites is 1. The van der Waals surface area contributed by atoms with E-state index in [0.29, 0.717) is 13.0 Å². The van der Waals surface area contributed by atoms with Crippen LogP contribution in [0.15, 0.2) is 60.7 Å². The van der Waals surface area contributed by atoms with E-state index in [-0.39, 0.29) is 12.0 Å². The highest BCUT2D eigenvalue weighted by atomic mass is 16.5. The number of benzene rings is 2. The van der Waals surface area contributed by atoms with Crippen molar-refractivity contribution in [3.8, 4) is 0 Å². The molecule has 1 unspecified atom stereocenters. The van der Waals surface area contributed by atoms with Crippen molar-refractivity contribution in [1.82, 2.24) is 9.80 Å². The Bertz CT molecular complexity index is 742. The predicted molar refractivity (Wildman–Crippen MR) is 123 cm³/mol. The molecule has 3 rings (SSSR count). The summed E-state index contributed by atoms with van der Waals surface area (Å²) in [6, 6.07) is 20.7. The van der Waals surface area contributed by atoms with Crippen molar-refractivity contribution in [2.45, 2.75) is 32.9 Å². The summed E-state index contributed by atoms with van der Waals surface area (Å²) in [7, 11) is 0. The lowest BCUT2D eigenvalue weighted by molar-refractivity contribution is -0.146. The standard InChI is InChI=1S/C25H35N3O2/c1-3-27(4-2)24(19-25(29)30-21-22-11-7-5-8-12-22)20-26-15-17-28(18-16-26)23-13-9-6-10-14-23/h5-14,24H,3-4,15-21H2,1-2H3. The number of anilines is 1. The third-order valence-electron chi connectivity index (χ3n) is 5.94. The van der Waals surface area contributed by atoms with Crippen molar-refractivity contribution in [2.24, 2.45) is 0 Å². The molecule has 0 aliphatic carbocycles. The third-order valence-corrected chi connectivity index (χ3v) is 5.94. The number of rotatable bonds is 10. The predicted octanol–water partition coefficient (Wildman–Crippen LogP) is 3.65. The first-order valence-electron chi connectivity index (χ1n) is 11.2. The Morgan fingerprint density at radius 3 is 2.13 bits per heavy atom. The minimum atomic E-state index is -0.112. The second-order valence-electron chi connectivity index (χ2n) is 7.85. The van der Waals surface area contributed by atoms with Gasteiger partial charge in [-0.15, -0.1) is 0 Å². The smallest absolute Gasteiger partial charge is 0.307 e. The molecule has 30 heavy (non-hydrogen) atoms. The number of esters is 1. The Kier molecular flexibility index (Phi) is 8.72. The van der Waals surface area contributed by atoms with E-state index in [1.54, 1.807) is 0 Å². The summed E-state index contributed by atoms with van der Waals surface area (Å²) in [6.07, 6.45) is 0.438. The Balaban J connectivity index is 1.51. The Labute approximate surface area is 181 Å². The summed E-state index contributed by atoms with van der Waals surface area (Å²) in [5.41, 5.74) is 2.32. The third kappa shape index (κ3) is 6.57. The molecule has 1 fully saturated rings. The quantitative estimate of drug-likeness (QED) is 0.560. The molecule has 5 heteroatoms. The van der Waals surface area contributed by atoms with Crippen molar-refractivity contribution in [2.75, 3.05) is 50.7 Å². The molecule has 1 atom stereocenters. The molecule has 0 radical (unpaired) electrons. The summed E-state index contributed by atoms with van der Waals surface area (Å²) in [5.74, 6) is -0.112. The largest absolute Gasteiger partial charge is 0.461 e. The van der Waals surface area contributed by atoms with Gasteiger partial charge in [-0.1, -0.05) is 62.4 Å². The average Bonchev–Trinajstić information content (AvgIpc) is 2.80. The van der Waals surface area contributed by atoms with Gasteiger partial charge < -0.3 is 9.64 Å². The van der Waals surface area contributed by atoms with Crippen LogP contribution >= 0.6 is 0 Å². The SMILES string of the molecule is CCN(CC)C(CC(=O)OCc1ccccc1)CN1CCN(c2ccccc2)CC1. The Morgan fingerprint density at radius 2 is 1.53 bits per heavy atom. The zero-order chi connectivity index (χ0) is 21.2. The highest BCUT2D eigenvalue weighted by Gasteiger charge is 2.25. The van der Waals surface area contributed by atoms with Gasteiger partial charge in [0, 0.05) is 44.5 Å². The molecular formula is C25H35N3O2. The number of carbonyl (C=O) groups excluding carboxylic acids is 1. The van der Waals surface area contributed by atoms with Crippen molar-refractivity contribution in [3.63, 3.8) is 0 Å². The first-order chi connectivity index (χ1) is 14.7. The summed E-state index contributed by atoms with van der Waals surface area (Å²) >= 11 is 0. The lowest BCUT2D eigenvalue weighted by Crippen LogP contribution is -2.52. The fourth-order valence-electron chi connectivity index (χ4n) is 4.16. The number of likely N-dealkylation sites (N-methyl/N-ethyl adjacent to an activating group) is 1. The number of hydrogen-bond acceptors (Lipinski definition) is 5. The topological polar surface area (TPSA) is 36.0 Å². The van der Waals surface area contributed by atoms with Crippen LogP contribution in [0.1, 0.15) is 25.8 Å². The molecule has 1 aliphatic heterocycles. The zero-order valence-corrected chi connectivity index (χ0v) is 18.4. The number of carbonyl (C=O) groups is 1. The molecule has 1 aliphatic rings. The number of ether oxygens (including phenoxy) is 1. The average molecular weight is 410 g/mol. The highest BCUT2D eigenvalue weighted by Crippen LogP contribution is 2.17. The highest BCUT2D eigenvalue weighted by molar-refractivity contribution is 5.70. The van der Waals surface area contributed by atoms with E-state index >= 15 is 0 Å². The molecule has 0 N–H and O–H groups in total. The summed E-state index contributed by atoms with van der Waals surface area (Å²) in [6.45, 7) is 11.6. The van der Waals surface area contributed by atoms with Crippen LogP contribution in [0.25, 0.3) is 0 Å². The van der Waals surface area contributed by atoms with Crippen LogP contribution in [0, 0.1) is 0 Å². The van der Waals surface area contributed by atoms with Crippen LogP contribution < -0.4 is 4.90 Å². The molecule has 162 valence electrons. The van der Waals surface area contributed by atoms with Gasteiger partial charge in [0.05, 0.1) is 6.42 Å². The second-order valence-corrected chi connectivity index (χ2v) is 7.85. The maximum atomic E-state index is 12.6. The Hall–Kier alpha value is -2.37. The van der Waals surface area contributed by atoms with Crippen molar-refractivity contribution < 1.29 is 9.53 Å². The van der Waals surface area contributed by atoms with Crippen LogP contribution in [-0.4, -0.2) is 67.6 Å². The molecule has 1 saturated heterocycles. The van der Waals surface area contributed by atoms with Gasteiger partial charge >= 0.3 is 5.97 Å². The molecular weight excluding hydrogens is 374 g/mol. The van der Waals surface area contributed by atoms with Gasteiger partial charge in [-0.2, -0.15) is 0 Å². The van der Waals surface area contributed by atoms with E-state index in [2.05, 4.69) is 58.9 Å². The fraction of sp³-hybridized carbons (Fsp3) is 0.480. The van der Waals surface area contributed by atoms with Crippen LogP contribution in [0.4, 0.5) is 5.69 Å². The second kappa shape index (κ2) is 11.7. The summed E-state index contributed by atoms with van der Waals surface area (Å²) in [5, 5.41) is 0. The first-order valence-corrected chi connectivity index (χ1v) is 11.2. The molecule has 0 amide bonds. The molecule has 0 spiro atoms. The monoisotopic (exact) mass is 409 g/mol. The van der Waals surface area contributed by atoms with E-state index < -0.39 is 0 Å². The van der Waals surface area contributed by atoms with Crippen LogP contribution in [0.2, 0.25) is 0 Å². The van der Waals surface area contributed by atoms with Crippen molar-refractivity contribution in [3.05, 3.63) is 66.2 Å². The first kappa shape index (κ1) is 22.3. The fourth-order valence-corrected chi connectivity index (χ4v) is 4.16. The van der Waals surface area contributed by atoms with Gasteiger partial charge in [-0.05, 0) is 30.8 Å². The number of nitrogens with zero attached hydrogens (tertiary/aromatic N) is 3. The normalized spacial score (nSPS) is 15.9. The number of piperazine rings is 1. The molecule has 1 heterocycles. The molecule has 0 saturated carbocycles. The van der Waals surface area contributed by atoms with Gasteiger partial charge in [0.2, 0.25) is 0 Å². The lowest BCUT2D eigenvalue weighted by Gasteiger charge is -2.39. The van der Waals surface area contributed by atoms with Crippen LogP contribution in [0.5, 0.6) is 0 Å². The van der Waals surface area contributed by atoms with Crippen molar-refractivity contribution >= 4 is 11.7 Å². The van der Waals surface area contributed by atoms with Gasteiger partial charge in [-0.3, -0.25) is 14.6 Å². The molecule has 0 bridgehead atoms. The minimum absolute atomic E-state index is 0.112. The van der Waals surface area contributed by atoms with Crippen molar-refractivity contribution in [1.29, 1.82) is 0 Å². The van der Waals surface area contributed by atoms with Gasteiger partial charge in [0.25, 0.3) is 0 Å². The maximum Gasteiger partial charge on any atom is 0.307 e. The van der Waals surface area contributed by atoms with Crippen LogP contribution in [-0.2, 0) is 16.1 Å². The van der Waals surface area contributed by atoms with E-state index in [0.717, 1.165) is 51.4 Å². The summed E-state index contributed by atoms with van der Waals surface area (Å²) < 4.78 is 5.57. The van der Waals surface area contributed by atoms with E-state index in [1.165, 1.54) is 5.69 Å². The van der Waals surface area contributed by atoms with E-state index in [1.807, 2.05) is 30.3 Å². The molecule has 5 nitrogen and oxygen atoms in total. The van der Waals surface area contributed by atoms with E-state index in [4.69, 9.17) is 4.74 Å². The van der Waals surface area contributed by atoms with Gasteiger partial charge in [0.1, 0.15) is 6.61 Å². The van der Waals surface area contributed by atoms with E-state index in [9.17, 15) is 4.79 Å². The molecule has 0 aromatic heterocycles. The molecule has 2 aromatic rings. The maximum absolute atomic E-state index is 12.6. The van der Waals surface area contributed by atoms with Crippen LogP contribution in [0.3, 0.4) is 0 Å². The lowest BCUT2D eigenvalue weighted by atomic mass is 10.1. The molecule has 2 aromatic carbocycles. The minimum Gasteiger partial charge on any atom is -0.461 e. The van der Waals surface area contributed by atoms with Gasteiger partial charge in [0.15, 0.2) is 0 Å². The Morgan fingerprint density at radius 1 is 0.933 bits per heavy atom. The van der Waals surface area contributed by atoms with Gasteiger partial charge in [-0.25, -0.2) is 0 Å². The summed E-state index contributed by atoms with van der Waals surface area (Å²) in [4.78, 5) is 19.9. The zero-order valence-electron chi connectivity index (χ0n) is 18.4.